The third-order valence-corrected chi connectivity index (χ3v) is 4.06. The van der Waals surface area contributed by atoms with Crippen molar-refractivity contribution in [2.45, 2.75) is 25.8 Å². The average molecular weight is 282 g/mol. The maximum atomic E-state index is 4.37. The number of rotatable bonds is 3. The summed E-state index contributed by atoms with van der Waals surface area (Å²) in [6.07, 6.45) is 2.44. The highest BCUT2D eigenvalue weighted by Gasteiger charge is 2.17. The van der Waals surface area contributed by atoms with Crippen LogP contribution in [0.2, 0.25) is 0 Å². The van der Waals surface area contributed by atoms with Gasteiger partial charge in [-0.3, -0.25) is 0 Å². The second-order valence-electron chi connectivity index (χ2n) is 5.86. The molecular weight excluding hydrogens is 260 g/mol. The number of hydrogen-bond donors (Lipinski definition) is 1. The highest BCUT2D eigenvalue weighted by atomic mass is 15.2. The van der Waals surface area contributed by atoms with E-state index in [9.17, 15) is 0 Å². The Labute approximate surface area is 126 Å². The molecule has 1 aromatic carbocycles. The quantitative estimate of drug-likeness (QED) is 0.939. The zero-order valence-electron chi connectivity index (χ0n) is 12.7. The Balaban J connectivity index is 1.71. The summed E-state index contributed by atoms with van der Waals surface area (Å²) < 4.78 is 0. The second kappa shape index (κ2) is 6.22. The Kier molecular flexibility index (Phi) is 4.15. The van der Waals surface area contributed by atoms with Crippen LogP contribution >= 0.6 is 0 Å². The van der Waals surface area contributed by atoms with Crippen molar-refractivity contribution in [1.82, 2.24) is 15.1 Å². The first kappa shape index (κ1) is 14.0. The van der Waals surface area contributed by atoms with Crippen molar-refractivity contribution in [3.8, 4) is 11.3 Å². The Morgan fingerprint density at radius 3 is 2.71 bits per heavy atom. The third-order valence-electron chi connectivity index (χ3n) is 4.06. The molecule has 110 valence electrons. The van der Waals surface area contributed by atoms with E-state index in [-0.39, 0.29) is 0 Å². The van der Waals surface area contributed by atoms with Crippen LogP contribution in [0.4, 0.5) is 5.82 Å². The van der Waals surface area contributed by atoms with Crippen LogP contribution in [-0.4, -0.2) is 41.3 Å². The minimum Gasteiger partial charge on any atom is -0.365 e. The fraction of sp³-hybridized carbons (Fsp3) is 0.412. The number of piperidine rings is 1. The van der Waals surface area contributed by atoms with Crippen molar-refractivity contribution in [2.24, 2.45) is 0 Å². The smallest absolute Gasteiger partial charge is 0.148 e. The number of anilines is 1. The first-order valence-electron chi connectivity index (χ1n) is 7.57. The molecule has 1 fully saturated rings. The van der Waals surface area contributed by atoms with E-state index in [1.807, 2.05) is 24.3 Å². The molecule has 1 aliphatic heterocycles. The van der Waals surface area contributed by atoms with E-state index in [1.165, 1.54) is 24.9 Å². The lowest BCUT2D eigenvalue weighted by molar-refractivity contribution is 0.260. The van der Waals surface area contributed by atoms with Gasteiger partial charge in [-0.15, -0.1) is 10.2 Å². The molecule has 0 aliphatic carbocycles. The van der Waals surface area contributed by atoms with Crippen LogP contribution in [0.15, 0.2) is 36.4 Å². The summed E-state index contributed by atoms with van der Waals surface area (Å²) in [6.45, 7) is 4.36. The maximum absolute atomic E-state index is 4.37. The fourth-order valence-electron chi connectivity index (χ4n) is 2.91. The topological polar surface area (TPSA) is 41.0 Å². The molecule has 2 heterocycles. The van der Waals surface area contributed by atoms with Crippen LogP contribution in [0, 0.1) is 6.92 Å². The van der Waals surface area contributed by atoms with Crippen LogP contribution in [0.25, 0.3) is 11.3 Å². The molecule has 1 aromatic heterocycles. The molecule has 0 saturated carbocycles. The number of nitrogens with one attached hydrogen (secondary N) is 1. The van der Waals surface area contributed by atoms with E-state index >= 15 is 0 Å². The number of nitrogens with zero attached hydrogens (tertiary/aromatic N) is 3. The summed E-state index contributed by atoms with van der Waals surface area (Å²) in [5.41, 5.74) is 3.30. The van der Waals surface area contributed by atoms with E-state index in [0.29, 0.717) is 6.04 Å². The molecule has 0 spiro atoms. The summed E-state index contributed by atoms with van der Waals surface area (Å²) in [6, 6.07) is 12.8. The Morgan fingerprint density at radius 1 is 1.14 bits per heavy atom. The summed E-state index contributed by atoms with van der Waals surface area (Å²) in [4.78, 5) is 2.36. The van der Waals surface area contributed by atoms with Gasteiger partial charge in [0.1, 0.15) is 5.82 Å². The normalized spacial score (nSPS) is 19.4. The number of hydrogen-bond acceptors (Lipinski definition) is 4. The molecule has 4 nitrogen and oxygen atoms in total. The summed E-state index contributed by atoms with van der Waals surface area (Å²) in [5.74, 6) is 0.868. The molecule has 0 radical (unpaired) electrons. The Morgan fingerprint density at radius 2 is 2.00 bits per heavy atom. The van der Waals surface area contributed by atoms with Gasteiger partial charge < -0.3 is 10.2 Å². The Hall–Kier alpha value is -1.94. The number of aromatic nitrogens is 2. The van der Waals surface area contributed by atoms with Crippen molar-refractivity contribution < 1.29 is 0 Å². The molecule has 1 aliphatic rings. The van der Waals surface area contributed by atoms with E-state index < -0.39 is 0 Å². The van der Waals surface area contributed by atoms with Gasteiger partial charge in [0.05, 0.1) is 5.69 Å². The largest absolute Gasteiger partial charge is 0.365 e. The van der Waals surface area contributed by atoms with Crippen LogP contribution in [-0.2, 0) is 0 Å². The van der Waals surface area contributed by atoms with Gasteiger partial charge in [0.2, 0.25) is 0 Å². The highest BCUT2D eigenvalue weighted by Crippen LogP contribution is 2.21. The summed E-state index contributed by atoms with van der Waals surface area (Å²) in [7, 11) is 2.17. The van der Waals surface area contributed by atoms with Crippen LogP contribution in [0.3, 0.4) is 0 Å². The van der Waals surface area contributed by atoms with Crippen LogP contribution < -0.4 is 5.32 Å². The number of likely N-dealkylation sites (N-methyl/N-ethyl adjacent to an activating group) is 1. The van der Waals surface area contributed by atoms with Crippen molar-refractivity contribution >= 4 is 5.82 Å². The zero-order valence-corrected chi connectivity index (χ0v) is 12.7. The van der Waals surface area contributed by atoms with Gasteiger partial charge in [0.25, 0.3) is 0 Å². The minimum atomic E-state index is 0.474. The standard InChI is InChI=1S/C17H22N4/c1-13-6-3-4-8-15(13)16-9-10-17(20-19-16)18-14-7-5-11-21(2)12-14/h3-4,6,8-10,14H,5,7,11-12H2,1-2H3,(H,18,20)/t14-/m1/s1. The molecule has 0 amide bonds. The van der Waals surface area contributed by atoms with Gasteiger partial charge in [-0.05, 0) is 51.1 Å². The molecule has 1 saturated heterocycles. The number of benzene rings is 1. The van der Waals surface area contributed by atoms with Gasteiger partial charge in [-0.1, -0.05) is 24.3 Å². The van der Waals surface area contributed by atoms with E-state index in [0.717, 1.165) is 23.6 Å². The monoisotopic (exact) mass is 282 g/mol. The maximum Gasteiger partial charge on any atom is 0.148 e. The lowest BCUT2D eigenvalue weighted by Gasteiger charge is -2.30. The molecule has 1 atom stereocenters. The minimum absolute atomic E-state index is 0.474. The SMILES string of the molecule is Cc1ccccc1-c1ccc(N[C@@H]2CCCN(C)C2)nn1. The lowest BCUT2D eigenvalue weighted by Crippen LogP contribution is -2.39. The lowest BCUT2D eigenvalue weighted by atomic mass is 10.1. The van der Waals surface area contributed by atoms with Gasteiger partial charge >= 0.3 is 0 Å². The summed E-state index contributed by atoms with van der Waals surface area (Å²) in [5, 5.41) is 12.2. The Bertz CT molecular complexity index is 594. The van der Waals surface area contributed by atoms with Crippen molar-refractivity contribution in [2.75, 3.05) is 25.5 Å². The molecule has 3 rings (SSSR count). The fourth-order valence-corrected chi connectivity index (χ4v) is 2.91. The molecular formula is C17H22N4. The van der Waals surface area contributed by atoms with Gasteiger partial charge in [-0.2, -0.15) is 0 Å². The van der Waals surface area contributed by atoms with Gasteiger partial charge in [-0.25, -0.2) is 0 Å². The molecule has 21 heavy (non-hydrogen) atoms. The van der Waals surface area contributed by atoms with E-state index in [2.05, 4.69) is 46.5 Å². The summed E-state index contributed by atoms with van der Waals surface area (Å²) >= 11 is 0. The zero-order chi connectivity index (χ0) is 14.7. The first-order chi connectivity index (χ1) is 10.2. The van der Waals surface area contributed by atoms with Gasteiger partial charge in [0.15, 0.2) is 0 Å². The predicted molar refractivity (Wildman–Crippen MR) is 86.3 cm³/mol. The van der Waals surface area contributed by atoms with E-state index in [1.54, 1.807) is 0 Å². The molecule has 4 heteroatoms. The molecule has 0 bridgehead atoms. The highest BCUT2D eigenvalue weighted by molar-refractivity contribution is 5.63. The van der Waals surface area contributed by atoms with E-state index in [4.69, 9.17) is 0 Å². The molecule has 2 aromatic rings. The predicted octanol–water partition coefficient (Wildman–Crippen LogP) is 2.96. The second-order valence-corrected chi connectivity index (χ2v) is 5.86. The third kappa shape index (κ3) is 3.39. The first-order valence-corrected chi connectivity index (χ1v) is 7.57. The number of aryl methyl sites for hydroxylation is 1. The number of likely N-dealkylation sites (tertiary alicyclic amines) is 1. The average Bonchev–Trinajstić information content (AvgIpc) is 2.49. The molecule has 1 N–H and O–H groups in total. The van der Waals surface area contributed by atoms with Crippen LogP contribution in [0.1, 0.15) is 18.4 Å². The van der Waals surface area contributed by atoms with Gasteiger partial charge in [0, 0.05) is 18.2 Å². The van der Waals surface area contributed by atoms with Crippen molar-refractivity contribution in [3.63, 3.8) is 0 Å². The molecule has 0 unspecified atom stereocenters. The van der Waals surface area contributed by atoms with Crippen LogP contribution in [0.5, 0.6) is 0 Å². The van der Waals surface area contributed by atoms with Crippen molar-refractivity contribution in [1.29, 1.82) is 0 Å². The van der Waals surface area contributed by atoms with Crippen molar-refractivity contribution in [3.05, 3.63) is 42.0 Å².